The number of hydrogen-bond acceptors (Lipinski definition) is 3. The lowest BCUT2D eigenvalue weighted by molar-refractivity contribution is 0.302. The number of rotatable bonds is 6. The summed E-state index contributed by atoms with van der Waals surface area (Å²) >= 11 is 12.4. The molecule has 32 heavy (non-hydrogen) atoms. The molecule has 0 fully saturated rings. The maximum atomic E-state index is 12.7. The van der Waals surface area contributed by atoms with E-state index < -0.39 is 5.92 Å². The van der Waals surface area contributed by atoms with Gasteiger partial charge in [0.15, 0.2) is 0 Å². The number of aryl methyl sites for hydroxylation is 2. The van der Waals surface area contributed by atoms with E-state index in [-0.39, 0.29) is 30.1 Å². The van der Waals surface area contributed by atoms with Crippen molar-refractivity contribution in [3.63, 3.8) is 0 Å². The van der Waals surface area contributed by atoms with Crippen molar-refractivity contribution in [1.29, 1.82) is 0 Å². The Morgan fingerprint density at radius 2 is 1.44 bits per heavy atom. The summed E-state index contributed by atoms with van der Waals surface area (Å²) in [6, 6.07) is 12.5. The Labute approximate surface area is 199 Å². The van der Waals surface area contributed by atoms with Gasteiger partial charge in [0.2, 0.25) is 0 Å². The maximum Gasteiger partial charge on any atom is 0.268 e. The zero-order valence-corrected chi connectivity index (χ0v) is 19.5. The van der Waals surface area contributed by atoms with Crippen LogP contribution in [0.3, 0.4) is 0 Å². The van der Waals surface area contributed by atoms with Crippen LogP contribution >= 0.6 is 35.6 Å². The Morgan fingerprint density at radius 1 is 0.844 bits per heavy atom. The van der Waals surface area contributed by atoms with Gasteiger partial charge in [0.25, 0.3) is 11.1 Å². The Morgan fingerprint density at radius 3 is 1.97 bits per heavy atom. The molecule has 2 aromatic heterocycles. The zero-order valence-electron chi connectivity index (χ0n) is 17.2. The van der Waals surface area contributed by atoms with Gasteiger partial charge in [-0.25, -0.2) is 0 Å². The van der Waals surface area contributed by atoms with E-state index >= 15 is 0 Å². The first-order valence-corrected chi connectivity index (χ1v) is 10.3. The molecule has 168 valence electrons. The molecular weight excluding hydrogens is 475 g/mol. The predicted molar refractivity (Wildman–Crippen MR) is 128 cm³/mol. The lowest BCUT2D eigenvalue weighted by Crippen LogP contribution is -2.21. The minimum absolute atomic E-state index is 0. The monoisotopic (exact) mass is 494 g/mol. The van der Waals surface area contributed by atoms with E-state index in [0.717, 1.165) is 5.56 Å². The maximum absolute atomic E-state index is 12.7. The van der Waals surface area contributed by atoms with Crippen molar-refractivity contribution in [2.45, 2.75) is 26.4 Å². The number of benzene rings is 2. The van der Waals surface area contributed by atoms with Crippen LogP contribution < -0.4 is 15.9 Å². The molecule has 0 saturated heterocycles. The lowest BCUT2D eigenvalue weighted by Gasteiger charge is -2.20. The van der Waals surface area contributed by atoms with Gasteiger partial charge >= 0.3 is 0 Å². The summed E-state index contributed by atoms with van der Waals surface area (Å²) in [5.41, 5.74) is 2.94. The van der Waals surface area contributed by atoms with Gasteiger partial charge in [0.1, 0.15) is 12.4 Å². The standard InChI is InChI=1S/C22H20Cl2N4O3.ClH/c1-11-18(21(29)27-25-11)20(19-12(2)26-28-22(19)30)16-9-15(24)6-7-17(16)31-10-13-4-3-5-14(23)8-13;/h3-9,20H,10H2,1-2H3,(H2,25,27,29)(H2,26,28,30);1H. The molecular formula is C22H21Cl3N4O3. The van der Waals surface area contributed by atoms with Crippen LogP contribution in [0.5, 0.6) is 5.75 Å². The molecule has 0 aliphatic heterocycles. The van der Waals surface area contributed by atoms with Gasteiger partial charge in [-0.05, 0) is 49.7 Å². The molecule has 0 radical (unpaired) electrons. The third-order valence-corrected chi connectivity index (χ3v) is 5.64. The van der Waals surface area contributed by atoms with Crippen LogP contribution in [-0.2, 0) is 6.61 Å². The summed E-state index contributed by atoms with van der Waals surface area (Å²) < 4.78 is 6.11. The molecule has 0 spiro atoms. The third-order valence-electron chi connectivity index (χ3n) is 5.17. The molecule has 2 aromatic carbocycles. The average molecular weight is 496 g/mol. The molecule has 0 bridgehead atoms. The molecule has 10 heteroatoms. The molecule has 2 heterocycles. The van der Waals surface area contributed by atoms with Crippen molar-refractivity contribution < 1.29 is 4.74 Å². The number of aromatic amines is 4. The van der Waals surface area contributed by atoms with Crippen molar-refractivity contribution >= 4 is 35.6 Å². The second-order valence-electron chi connectivity index (χ2n) is 7.27. The Kier molecular flexibility index (Phi) is 7.23. The first-order chi connectivity index (χ1) is 14.8. The first-order valence-electron chi connectivity index (χ1n) is 9.56. The van der Waals surface area contributed by atoms with Crippen LogP contribution in [0, 0.1) is 13.8 Å². The van der Waals surface area contributed by atoms with Crippen molar-refractivity contribution in [2.24, 2.45) is 0 Å². The van der Waals surface area contributed by atoms with Crippen LogP contribution in [0.15, 0.2) is 52.1 Å². The summed E-state index contributed by atoms with van der Waals surface area (Å²) in [5, 5.41) is 11.9. The van der Waals surface area contributed by atoms with Crippen molar-refractivity contribution in [2.75, 3.05) is 0 Å². The zero-order chi connectivity index (χ0) is 22.1. The minimum atomic E-state index is -0.696. The molecule has 0 aliphatic carbocycles. The molecule has 4 N–H and O–H groups in total. The Hall–Kier alpha value is -2.87. The molecule has 0 amide bonds. The Balaban J connectivity index is 0.00000289. The molecule has 0 saturated carbocycles. The molecule has 0 unspecified atom stereocenters. The van der Waals surface area contributed by atoms with Gasteiger partial charge in [0.05, 0.1) is 17.0 Å². The number of H-pyrrole nitrogens is 4. The molecule has 0 aliphatic rings. The van der Waals surface area contributed by atoms with Crippen LogP contribution in [0.25, 0.3) is 0 Å². The first kappa shape index (κ1) is 23.8. The molecule has 0 atom stereocenters. The highest BCUT2D eigenvalue weighted by atomic mass is 35.5. The van der Waals surface area contributed by atoms with E-state index in [1.165, 1.54) is 0 Å². The van der Waals surface area contributed by atoms with Crippen LogP contribution in [-0.4, -0.2) is 20.4 Å². The van der Waals surface area contributed by atoms with E-state index in [1.807, 2.05) is 18.2 Å². The number of nitrogens with one attached hydrogen (secondary N) is 4. The highest BCUT2D eigenvalue weighted by Gasteiger charge is 2.30. The van der Waals surface area contributed by atoms with Crippen molar-refractivity contribution in [1.82, 2.24) is 20.4 Å². The second kappa shape index (κ2) is 9.73. The van der Waals surface area contributed by atoms with Gasteiger partial charge < -0.3 is 14.9 Å². The number of aromatic nitrogens is 4. The highest BCUT2D eigenvalue weighted by Crippen LogP contribution is 2.38. The van der Waals surface area contributed by atoms with Gasteiger partial charge in [-0.15, -0.1) is 12.4 Å². The lowest BCUT2D eigenvalue weighted by atomic mass is 9.85. The molecule has 4 aromatic rings. The van der Waals surface area contributed by atoms with E-state index in [0.29, 0.717) is 43.9 Å². The minimum Gasteiger partial charge on any atom is -0.489 e. The summed E-state index contributed by atoms with van der Waals surface area (Å²) in [6.07, 6.45) is 0. The average Bonchev–Trinajstić information content (AvgIpc) is 3.24. The summed E-state index contributed by atoms with van der Waals surface area (Å²) in [4.78, 5) is 25.4. The van der Waals surface area contributed by atoms with Crippen molar-refractivity contribution in [3.8, 4) is 5.75 Å². The fourth-order valence-electron chi connectivity index (χ4n) is 3.73. The van der Waals surface area contributed by atoms with Gasteiger partial charge in [-0.3, -0.25) is 19.8 Å². The number of halogens is 3. The molecule has 4 rings (SSSR count). The van der Waals surface area contributed by atoms with E-state index in [2.05, 4.69) is 20.4 Å². The van der Waals surface area contributed by atoms with Crippen LogP contribution in [0.4, 0.5) is 0 Å². The van der Waals surface area contributed by atoms with Gasteiger partial charge in [0, 0.05) is 27.0 Å². The van der Waals surface area contributed by atoms with Gasteiger partial charge in [-0.2, -0.15) is 0 Å². The molecule has 7 nitrogen and oxygen atoms in total. The largest absolute Gasteiger partial charge is 0.489 e. The Bertz CT molecular complexity index is 1300. The third kappa shape index (κ3) is 4.65. The van der Waals surface area contributed by atoms with Gasteiger partial charge in [-0.1, -0.05) is 35.3 Å². The van der Waals surface area contributed by atoms with E-state index in [4.69, 9.17) is 27.9 Å². The quantitative estimate of drug-likeness (QED) is 0.308. The smallest absolute Gasteiger partial charge is 0.268 e. The summed E-state index contributed by atoms with van der Waals surface area (Å²) in [5.74, 6) is -0.188. The fraction of sp³-hybridized carbons (Fsp3) is 0.182. The van der Waals surface area contributed by atoms with Crippen LogP contribution in [0.2, 0.25) is 10.0 Å². The second-order valence-corrected chi connectivity index (χ2v) is 8.14. The fourth-order valence-corrected chi connectivity index (χ4v) is 4.12. The highest BCUT2D eigenvalue weighted by molar-refractivity contribution is 6.31. The number of ether oxygens (including phenoxy) is 1. The topological polar surface area (TPSA) is 107 Å². The van der Waals surface area contributed by atoms with E-state index in [1.54, 1.807) is 38.1 Å². The van der Waals surface area contributed by atoms with Crippen LogP contribution in [0.1, 0.15) is 39.6 Å². The SMILES string of the molecule is Cc1[nH][nH]c(=O)c1C(c1cc(Cl)ccc1OCc1cccc(Cl)c1)c1c(C)[nH][nH]c1=O.Cl. The normalized spacial score (nSPS) is 10.9. The van der Waals surface area contributed by atoms with Crippen molar-refractivity contribution in [3.05, 3.63) is 107 Å². The summed E-state index contributed by atoms with van der Waals surface area (Å²) in [7, 11) is 0. The number of hydrogen-bond donors (Lipinski definition) is 4. The van der Waals surface area contributed by atoms with E-state index in [9.17, 15) is 9.59 Å². The summed E-state index contributed by atoms with van der Waals surface area (Å²) in [6.45, 7) is 3.80. The predicted octanol–water partition coefficient (Wildman–Crippen LogP) is 4.82.